The molecule has 2 heteroatoms. The molecular weight excluding hydrogens is 198 g/mol. The average molecular weight is 223 g/mol. The Labute approximate surface area is 100 Å². The molecule has 0 N–H and O–H groups in total. The lowest BCUT2D eigenvalue weighted by atomic mass is 10.3. The second-order valence-corrected chi connectivity index (χ2v) is 3.94. The van der Waals surface area contributed by atoms with Crippen LogP contribution in [0.15, 0.2) is 24.3 Å². The van der Waals surface area contributed by atoms with Crippen LogP contribution in [0.4, 0.5) is 5.69 Å². The number of hydrogen-bond acceptors (Lipinski definition) is 2. The average Bonchev–Trinajstić information content (AvgIpc) is 2.28. The Morgan fingerprint density at radius 3 is 1.88 bits per heavy atom. The summed E-state index contributed by atoms with van der Waals surface area (Å²) in [5.41, 5.74) is 1.20. The molecule has 0 aliphatic rings. The fraction of sp³-hybridized carbons (Fsp3) is 0.571. The van der Waals surface area contributed by atoms with E-state index < -0.39 is 0 Å². The predicted molar refractivity (Wildman–Crippen MR) is 72.5 cm³/mol. The van der Waals surface area contributed by atoms with Crippen molar-refractivity contribution in [2.75, 3.05) is 25.6 Å². The summed E-state index contributed by atoms with van der Waals surface area (Å²) >= 11 is 0. The third-order valence-corrected chi connectivity index (χ3v) is 1.83. The maximum absolute atomic E-state index is 5.47. The highest BCUT2D eigenvalue weighted by Gasteiger charge is 1.95. The van der Waals surface area contributed by atoms with E-state index >= 15 is 0 Å². The molecule has 0 spiro atoms. The van der Waals surface area contributed by atoms with E-state index in [1.165, 1.54) is 12.1 Å². The molecule has 2 nitrogen and oxygen atoms in total. The molecule has 92 valence electrons. The van der Waals surface area contributed by atoms with Gasteiger partial charge < -0.3 is 9.64 Å². The first-order valence-electron chi connectivity index (χ1n) is 6.05. The van der Waals surface area contributed by atoms with Gasteiger partial charge in [-0.2, -0.15) is 0 Å². The first kappa shape index (κ1) is 14.8. The van der Waals surface area contributed by atoms with Crippen LogP contribution in [0.1, 0.15) is 33.6 Å². The van der Waals surface area contributed by atoms with Crippen molar-refractivity contribution >= 4 is 5.69 Å². The van der Waals surface area contributed by atoms with E-state index in [-0.39, 0.29) is 0 Å². The molecule has 0 fully saturated rings. The molecular formula is C14H25NO. The van der Waals surface area contributed by atoms with Crippen LogP contribution >= 0.6 is 0 Å². The molecule has 0 aromatic heterocycles. The normalized spacial score (nSPS) is 9.06. The smallest absolute Gasteiger partial charge is 0.119 e. The molecule has 1 aromatic rings. The van der Waals surface area contributed by atoms with Gasteiger partial charge >= 0.3 is 0 Å². The lowest BCUT2D eigenvalue weighted by molar-refractivity contribution is 0.317. The topological polar surface area (TPSA) is 12.5 Å². The van der Waals surface area contributed by atoms with Gasteiger partial charge in [0.2, 0.25) is 0 Å². The van der Waals surface area contributed by atoms with Crippen LogP contribution < -0.4 is 9.64 Å². The van der Waals surface area contributed by atoms with Gasteiger partial charge in [0.1, 0.15) is 5.75 Å². The lowest BCUT2D eigenvalue weighted by Crippen LogP contribution is -2.08. The van der Waals surface area contributed by atoms with Gasteiger partial charge in [0.25, 0.3) is 0 Å². The first-order chi connectivity index (χ1) is 7.65. The van der Waals surface area contributed by atoms with Crippen LogP contribution in [-0.2, 0) is 0 Å². The summed E-state index contributed by atoms with van der Waals surface area (Å²) in [4.78, 5) is 2.07. The third kappa shape index (κ3) is 6.33. The van der Waals surface area contributed by atoms with Gasteiger partial charge in [-0.1, -0.05) is 27.2 Å². The number of hydrogen-bond donors (Lipinski definition) is 0. The fourth-order valence-corrected chi connectivity index (χ4v) is 1.06. The van der Waals surface area contributed by atoms with E-state index in [0.717, 1.165) is 18.8 Å². The molecule has 0 aliphatic carbocycles. The lowest BCUT2D eigenvalue weighted by Gasteiger charge is -2.12. The summed E-state index contributed by atoms with van der Waals surface area (Å²) < 4.78 is 5.47. The molecule has 0 radical (unpaired) electrons. The van der Waals surface area contributed by atoms with Gasteiger partial charge in [0.15, 0.2) is 0 Å². The standard InChI is InChI=1S/C11H17NO.C3H8/c1-4-9-13-11-7-5-10(6-8-11)12(2)3;1-3-2/h5-8H,4,9H2,1-3H3;3H2,1-2H3. The zero-order chi connectivity index (χ0) is 12.4. The largest absolute Gasteiger partial charge is 0.494 e. The van der Waals surface area contributed by atoms with E-state index in [1.54, 1.807) is 0 Å². The molecule has 0 amide bonds. The summed E-state index contributed by atoms with van der Waals surface area (Å²) in [5, 5.41) is 0. The molecule has 0 saturated carbocycles. The Morgan fingerprint density at radius 1 is 1.00 bits per heavy atom. The fourth-order valence-electron chi connectivity index (χ4n) is 1.06. The van der Waals surface area contributed by atoms with Crippen molar-refractivity contribution in [2.24, 2.45) is 0 Å². The zero-order valence-corrected chi connectivity index (χ0v) is 11.3. The minimum atomic E-state index is 0.793. The van der Waals surface area contributed by atoms with Crippen molar-refractivity contribution in [3.05, 3.63) is 24.3 Å². The summed E-state index contributed by atoms with van der Waals surface area (Å²) in [7, 11) is 4.06. The predicted octanol–water partition coefficient (Wildman–Crippen LogP) is 3.96. The Hall–Kier alpha value is -1.18. The van der Waals surface area contributed by atoms with Crippen LogP contribution in [-0.4, -0.2) is 20.7 Å². The van der Waals surface area contributed by atoms with Crippen LogP contribution in [0.5, 0.6) is 5.75 Å². The second-order valence-electron chi connectivity index (χ2n) is 3.94. The van der Waals surface area contributed by atoms with Crippen molar-refractivity contribution in [1.29, 1.82) is 0 Å². The molecule has 1 aromatic carbocycles. The van der Waals surface area contributed by atoms with Crippen molar-refractivity contribution in [1.82, 2.24) is 0 Å². The highest BCUT2D eigenvalue weighted by atomic mass is 16.5. The molecule has 0 bridgehead atoms. The molecule has 0 heterocycles. The number of rotatable bonds is 4. The highest BCUT2D eigenvalue weighted by molar-refractivity contribution is 5.47. The van der Waals surface area contributed by atoms with Crippen LogP contribution in [0, 0.1) is 0 Å². The van der Waals surface area contributed by atoms with Gasteiger partial charge in [-0.05, 0) is 30.7 Å². The van der Waals surface area contributed by atoms with Gasteiger partial charge in [0, 0.05) is 19.8 Å². The minimum absolute atomic E-state index is 0.793. The van der Waals surface area contributed by atoms with E-state index in [1.807, 2.05) is 26.2 Å². The number of ether oxygens (including phenoxy) is 1. The molecule has 0 atom stereocenters. The Balaban J connectivity index is 0.000000673. The Bertz CT molecular complexity index is 254. The Morgan fingerprint density at radius 2 is 1.50 bits per heavy atom. The third-order valence-electron chi connectivity index (χ3n) is 1.83. The number of nitrogens with zero attached hydrogens (tertiary/aromatic N) is 1. The second kappa shape index (κ2) is 9.08. The van der Waals surface area contributed by atoms with Crippen molar-refractivity contribution < 1.29 is 4.74 Å². The number of benzene rings is 1. The van der Waals surface area contributed by atoms with Crippen molar-refractivity contribution in [2.45, 2.75) is 33.6 Å². The molecule has 0 saturated heterocycles. The highest BCUT2D eigenvalue weighted by Crippen LogP contribution is 2.17. The van der Waals surface area contributed by atoms with Crippen LogP contribution in [0.25, 0.3) is 0 Å². The molecule has 16 heavy (non-hydrogen) atoms. The maximum atomic E-state index is 5.47. The minimum Gasteiger partial charge on any atom is -0.494 e. The Kier molecular flexibility index (Phi) is 8.41. The summed E-state index contributed by atoms with van der Waals surface area (Å²) in [6, 6.07) is 8.13. The van der Waals surface area contributed by atoms with Crippen molar-refractivity contribution in [3.63, 3.8) is 0 Å². The van der Waals surface area contributed by atoms with Crippen molar-refractivity contribution in [3.8, 4) is 5.75 Å². The zero-order valence-electron chi connectivity index (χ0n) is 11.3. The SMILES string of the molecule is CCC.CCCOc1ccc(N(C)C)cc1. The molecule has 0 aliphatic heterocycles. The van der Waals surface area contributed by atoms with Crippen LogP contribution in [0.2, 0.25) is 0 Å². The van der Waals surface area contributed by atoms with E-state index in [2.05, 4.69) is 37.8 Å². The monoisotopic (exact) mass is 223 g/mol. The van der Waals surface area contributed by atoms with Gasteiger partial charge in [-0.25, -0.2) is 0 Å². The van der Waals surface area contributed by atoms with Gasteiger partial charge in [0.05, 0.1) is 6.61 Å². The first-order valence-corrected chi connectivity index (χ1v) is 6.05. The van der Waals surface area contributed by atoms with Crippen LogP contribution in [0.3, 0.4) is 0 Å². The molecule has 0 unspecified atom stereocenters. The molecule has 1 rings (SSSR count). The van der Waals surface area contributed by atoms with Gasteiger partial charge in [-0.3, -0.25) is 0 Å². The van der Waals surface area contributed by atoms with Gasteiger partial charge in [-0.15, -0.1) is 0 Å². The maximum Gasteiger partial charge on any atom is 0.119 e. The van der Waals surface area contributed by atoms with E-state index in [0.29, 0.717) is 0 Å². The summed E-state index contributed by atoms with van der Waals surface area (Å²) in [6.07, 6.45) is 2.30. The summed E-state index contributed by atoms with van der Waals surface area (Å²) in [6.45, 7) is 7.15. The summed E-state index contributed by atoms with van der Waals surface area (Å²) in [5.74, 6) is 0.951. The number of anilines is 1. The quantitative estimate of drug-likeness (QED) is 0.766. The van der Waals surface area contributed by atoms with E-state index in [4.69, 9.17) is 4.74 Å². The van der Waals surface area contributed by atoms with E-state index in [9.17, 15) is 0 Å².